The monoisotopic (exact) mass is 581 g/mol. The maximum absolute atomic E-state index is 13.5. The highest BCUT2D eigenvalue weighted by atomic mass is 32.2. The molecule has 0 aliphatic heterocycles. The van der Waals surface area contributed by atoms with Crippen molar-refractivity contribution in [2.24, 2.45) is 0 Å². The Hall–Kier alpha value is -4.64. The largest absolute Gasteiger partial charge is 0.416 e. The lowest BCUT2D eigenvalue weighted by atomic mass is 10.1. The van der Waals surface area contributed by atoms with E-state index in [9.17, 15) is 31.2 Å². The van der Waals surface area contributed by atoms with Gasteiger partial charge in [0.15, 0.2) is 0 Å². The quantitative estimate of drug-likeness (QED) is 0.258. The van der Waals surface area contributed by atoms with Crippen molar-refractivity contribution in [3.05, 3.63) is 126 Å². The molecule has 212 valence electrons. The number of amides is 2. The van der Waals surface area contributed by atoms with Crippen LogP contribution in [0.15, 0.2) is 114 Å². The zero-order valence-corrected chi connectivity index (χ0v) is 22.5. The smallest absolute Gasteiger partial charge is 0.352 e. The fraction of sp³-hybridized carbons (Fsp3) is 0.133. The van der Waals surface area contributed by atoms with Crippen molar-refractivity contribution in [1.29, 1.82) is 0 Å². The van der Waals surface area contributed by atoms with Crippen molar-refractivity contribution < 1.29 is 31.2 Å². The lowest BCUT2D eigenvalue weighted by molar-refractivity contribution is -0.137. The van der Waals surface area contributed by atoms with Crippen molar-refractivity contribution in [2.45, 2.75) is 17.5 Å². The summed E-state index contributed by atoms with van der Waals surface area (Å²) in [4.78, 5) is 25.8. The number of alkyl halides is 3. The Bertz CT molecular complexity index is 1610. The van der Waals surface area contributed by atoms with Gasteiger partial charge in [0.2, 0.25) is 5.91 Å². The van der Waals surface area contributed by atoms with Gasteiger partial charge in [-0.15, -0.1) is 0 Å². The Balaban J connectivity index is 1.56. The second kappa shape index (κ2) is 12.7. The van der Waals surface area contributed by atoms with Crippen LogP contribution in [0.2, 0.25) is 0 Å². The molecule has 11 heteroatoms. The third-order valence-corrected chi connectivity index (χ3v) is 7.86. The molecule has 0 saturated heterocycles. The van der Waals surface area contributed by atoms with Crippen molar-refractivity contribution in [1.82, 2.24) is 5.32 Å². The Labute approximate surface area is 235 Å². The van der Waals surface area contributed by atoms with Crippen molar-refractivity contribution in [3.8, 4) is 0 Å². The zero-order chi connectivity index (χ0) is 29.5. The molecule has 0 bridgehead atoms. The van der Waals surface area contributed by atoms with Gasteiger partial charge in [0.1, 0.15) is 6.54 Å². The molecule has 4 rings (SSSR count). The van der Waals surface area contributed by atoms with E-state index in [1.54, 1.807) is 18.2 Å². The third kappa shape index (κ3) is 7.52. The van der Waals surface area contributed by atoms with Crippen LogP contribution in [0.4, 0.5) is 24.5 Å². The van der Waals surface area contributed by atoms with Crippen LogP contribution in [0.1, 0.15) is 21.5 Å². The summed E-state index contributed by atoms with van der Waals surface area (Å²) in [5, 5.41) is 5.33. The number of nitrogens with one attached hydrogen (secondary N) is 2. The van der Waals surface area contributed by atoms with E-state index in [1.807, 2.05) is 30.3 Å². The molecular weight excluding hydrogens is 555 g/mol. The zero-order valence-electron chi connectivity index (χ0n) is 21.6. The molecule has 41 heavy (non-hydrogen) atoms. The number of sulfonamides is 1. The molecule has 0 aliphatic rings. The van der Waals surface area contributed by atoms with Gasteiger partial charge in [-0.3, -0.25) is 13.9 Å². The normalized spacial score (nSPS) is 11.5. The molecule has 0 atom stereocenters. The van der Waals surface area contributed by atoms with Crippen LogP contribution in [-0.4, -0.2) is 33.3 Å². The van der Waals surface area contributed by atoms with E-state index in [4.69, 9.17) is 0 Å². The van der Waals surface area contributed by atoms with Crippen LogP contribution in [-0.2, 0) is 27.4 Å². The summed E-state index contributed by atoms with van der Waals surface area (Å²) in [5.41, 5.74) is -0.114. The average molecular weight is 582 g/mol. The average Bonchev–Trinajstić information content (AvgIpc) is 2.96. The van der Waals surface area contributed by atoms with Gasteiger partial charge in [-0.2, -0.15) is 13.2 Å². The van der Waals surface area contributed by atoms with Crippen LogP contribution in [0.5, 0.6) is 0 Å². The van der Waals surface area contributed by atoms with Crippen molar-refractivity contribution >= 4 is 33.2 Å². The Kier molecular flexibility index (Phi) is 9.08. The lowest BCUT2D eigenvalue weighted by Gasteiger charge is -2.25. The van der Waals surface area contributed by atoms with Crippen LogP contribution in [0, 0.1) is 0 Å². The molecule has 0 saturated carbocycles. The first-order chi connectivity index (χ1) is 19.6. The molecule has 0 heterocycles. The highest BCUT2D eigenvalue weighted by Gasteiger charge is 2.33. The minimum atomic E-state index is -4.73. The van der Waals surface area contributed by atoms with E-state index in [2.05, 4.69) is 10.6 Å². The van der Waals surface area contributed by atoms with Gasteiger partial charge in [-0.1, -0.05) is 66.7 Å². The molecule has 7 nitrogen and oxygen atoms in total. The first kappa shape index (κ1) is 29.3. The molecule has 2 amide bonds. The number of hydrogen-bond acceptors (Lipinski definition) is 4. The van der Waals surface area contributed by atoms with Gasteiger partial charge >= 0.3 is 6.18 Å². The van der Waals surface area contributed by atoms with Gasteiger partial charge in [-0.05, 0) is 54.4 Å². The molecule has 0 aromatic heterocycles. The fourth-order valence-electron chi connectivity index (χ4n) is 4.04. The minimum Gasteiger partial charge on any atom is -0.352 e. The SMILES string of the molecule is O=C(CN(c1cccc(C(F)(F)F)c1)S(=O)(=O)c1ccccc1)Nc1ccccc1C(=O)NCCc1ccccc1. The summed E-state index contributed by atoms with van der Waals surface area (Å²) in [6.07, 6.45) is -4.14. The second-order valence-corrected chi connectivity index (χ2v) is 10.8. The Morgan fingerprint density at radius 1 is 0.780 bits per heavy atom. The minimum absolute atomic E-state index is 0.121. The van der Waals surface area contributed by atoms with Gasteiger partial charge < -0.3 is 10.6 Å². The molecule has 4 aromatic rings. The van der Waals surface area contributed by atoms with E-state index in [0.717, 1.165) is 17.7 Å². The predicted molar refractivity (Wildman–Crippen MR) is 150 cm³/mol. The number of carbonyl (C=O) groups excluding carboxylic acids is 2. The van der Waals surface area contributed by atoms with E-state index < -0.39 is 40.1 Å². The number of anilines is 2. The fourth-order valence-corrected chi connectivity index (χ4v) is 5.48. The summed E-state index contributed by atoms with van der Waals surface area (Å²) in [7, 11) is -4.44. The second-order valence-electron chi connectivity index (χ2n) is 8.96. The van der Waals surface area contributed by atoms with E-state index in [1.165, 1.54) is 42.5 Å². The van der Waals surface area contributed by atoms with E-state index in [-0.39, 0.29) is 21.8 Å². The van der Waals surface area contributed by atoms with Gasteiger partial charge in [0, 0.05) is 6.54 Å². The van der Waals surface area contributed by atoms with E-state index >= 15 is 0 Å². The van der Waals surface area contributed by atoms with Gasteiger partial charge in [0.25, 0.3) is 15.9 Å². The number of hydrogen-bond donors (Lipinski definition) is 2. The molecule has 4 aromatic carbocycles. The van der Waals surface area contributed by atoms with Crippen molar-refractivity contribution in [2.75, 3.05) is 22.7 Å². The number of halogens is 3. The Morgan fingerprint density at radius 3 is 2.10 bits per heavy atom. The number of para-hydroxylation sites is 1. The number of benzene rings is 4. The summed E-state index contributed by atoms with van der Waals surface area (Å²) >= 11 is 0. The highest BCUT2D eigenvalue weighted by molar-refractivity contribution is 7.92. The number of nitrogens with zero attached hydrogens (tertiary/aromatic N) is 1. The topological polar surface area (TPSA) is 95.6 Å². The van der Waals surface area contributed by atoms with Crippen LogP contribution in [0.3, 0.4) is 0 Å². The molecule has 0 aliphatic carbocycles. The highest BCUT2D eigenvalue weighted by Crippen LogP contribution is 2.33. The molecule has 0 spiro atoms. The summed E-state index contributed by atoms with van der Waals surface area (Å²) in [6.45, 7) is -0.508. The first-order valence-electron chi connectivity index (χ1n) is 12.5. The van der Waals surface area contributed by atoms with Crippen molar-refractivity contribution in [3.63, 3.8) is 0 Å². The lowest BCUT2D eigenvalue weighted by Crippen LogP contribution is -2.38. The predicted octanol–water partition coefficient (Wildman–Crippen LogP) is 5.51. The van der Waals surface area contributed by atoms with E-state index in [0.29, 0.717) is 23.3 Å². The maximum Gasteiger partial charge on any atom is 0.416 e. The summed E-state index contributed by atoms with van der Waals surface area (Å²) in [6, 6.07) is 26.5. The Morgan fingerprint density at radius 2 is 1.41 bits per heavy atom. The summed E-state index contributed by atoms with van der Waals surface area (Å²) < 4.78 is 67.9. The third-order valence-electron chi connectivity index (χ3n) is 6.07. The van der Waals surface area contributed by atoms with Crippen LogP contribution in [0.25, 0.3) is 0 Å². The maximum atomic E-state index is 13.5. The number of carbonyl (C=O) groups is 2. The van der Waals surface area contributed by atoms with Gasteiger partial charge in [0.05, 0.1) is 27.4 Å². The molecule has 2 N–H and O–H groups in total. The molecule has 0 unspecified atom stereocenters. The van der Waals surface area contributed by atoms with Gasteiger partial charge in [-0.25, -0.2) is 8.42 Å². The molecule has 0 radical (unpaired) electrons. The van der Waals surface area contributed by atoms with Crippen LogP contribution < -0.4 is 14.9 Å². The molecule has 0 fully saturated rings. The number of rotatable bonds is 10. The standard InChI is InChI=1S/C30H26F3N3O4S/c31-30(32,33)23-12-9-13-24(20-23)36(41(39,40)25-14-5-2-6-15-25)21-28(37)35-27-17-8-7-16-26(27)29(38)34-19-18-22-10-3-1-4-11-22/h1-17,20H,18-19,21H2,(H,34,38)(H,35,37). The molecular formula is C30H26F3N3O4S. The van der Waals surface area contributed by atoms with Crippen LogP contribution >= 0.6 is 0 Å². The first-order valence-corrected chi connectivity index (χ1v) is 14.0. The summed E-state index contributed by atoms with van der Waals surface area (Å²) in [5.74, 6) is -1.31.